The van der Waals surface area contributed by atoms with Crippen molar-refractivity contribution in [3.63, 3.8) is 0 Å². The Balaban J connectivity index is 2.18. The number of carbonyl (C=O) groups is 2. The number of anilines is 1. The first kappa shape index (κ1) is 28.0. The summed E-state index contributed by atoms with van der Waals surface area (Å²) in [6.45, 7) is 4.22. The summed E-state index contributed by atoms with van der Waals surface area (Å²) >= 11 is 0. The van der Waals surface area contributed by atoms with Crippen LogP contribution >= 0.6 is 0 Å². The molecule has 2 aromatic carbocycles. The number of benzene rings is 2. The largest absolute Gasteiger partial charge is 0.497 e. The van der Waals surface area contributed by atoms with Gasteiger partial charge in [-0.2, -0.15) is 0 Å². The average Bonchev–Trinajstić information content (AvgIpc) is 2.84. The summed E-state index contributed by atoms with van der Waals surface area (Å²) in [6, 6.07) is 13.5. The number of likely N-dealkylation sites (N-methyl/N-ethyl adjacent to an activating group) is 1. The Morgan fingerprint density at radius 3 is 2.31 bits per heavy atom. The third kappa shape index (κ3) is 7.88. The monoisotopic (exact) mass is 505 g/mol. The number of hydrogen-bond acceptors (Lipinski definition) is 6. The SMILES string of the molecule is CCOc1ccccc1N(CCCC(=O)N(Cc1ccc(OC)cc1)[C@@H](C)C(=O)NC)S(C)(=O)=O. The molecule has 9 nitrogen and oxygen atoms in total. The first-order valence-corrected chi connectivity index (χ1v) is 13.3. The summed E-state index contributed by atoms with van der Waals surface area (Å²) in [5.74, 6) is 0.624. The second-order valence-corrected chi connectivity index (χ2v) is 9.91. The Morgan fingerprint density at radius 2 is 1.74 bits per heavy atom. The molecule has 0 spiro atoms. The predicted molar refractivity (Wildman–Crippen MR) is 136 cm³/mol. The maximum absolute atomic E-state index is 13.2. The molecule has 0 aliphatic carbocycles. The van der Waals surface area contributed by atoms with E-state index in [1.807, 2.05) is 19.1 Å². The van der Waals surface area contributed by atoms with Crippen LogP contribution < -0.4 is 19.1 Å². The van der Waals surface area contributed by atoms with E-state index in [-0.39, 0.29) is 37.7 Å². The number of para-hydroxylation sites is 2. The van der Waals surface area contributed by atoms with Gasteiger partial charge in [-0.3, -0.25) is 13.9 Å². The highest BCUT2D eigenvalue weighted by molar-refractivity contribution is 7.92. The molecular weight excluding hydrogens is 470 g/mol. The van der Waals surface area contributed by atoms with E-state index in [2.05, 4.69) is 5.32 Å². The molecule has 0 saturated heterocycles. The third-order valence-corrected chi connectivity index (χ3v) is 6.69. The molecule has 0 aliphatic rings. The van der Waals surface area contributed by atoms with Gasteiger partial charge >= 0.3 is 0 Å². The quantitative estimate of drug-likeness (QED) is 0.449. The van der Waals surface area contributed by atoms with Crippen molar-refractivity contribution in [1.29, 1.82) is 0 Å². The Kier molecular flexibility index (Phi) is 10.4. The Hall–Kier alpha value is -3.27. The van der Waals surface area contributed by atoms with Gasteiger partial charge in [0.25, 0.3) is 0 Å². The van der Waals surface area contributed by atoms with Gasteiger partial charge in [0.15, 0.2) is 0 Å². The lowest BCUT2D eigenvalue weighted by Gasteiger charge is -2.29. The molecule has 2 amide bonds. The van der Waals surface area contributed by atoms with Crippen LogP contribution in [0.25, 0.3) is 0 Å². The molecule has 1 atom stereocenters. The minimum absolute atomic E-state index is 0.0698. The fraction of sp³-hybridized carbons (Fsp3) is 0.440. The summed E-state index contributed by atoms with van der Waals surface area (Å²) in [5.41, 5.74) is 1.27. The molecule has 0 bridgehead atoms. The van der Waals surface area contributed by atoms with Crippen LogP contribution in [0.3, 0.4) is 0 Å². The van der Waals surface area contributed by atoms with E-state index < -0.39 is 16.1 Å². The molecule has 2 aromatic rings. The van der Waals surface area contributed by atoms with Gasteiger partial charge in [-0.15, -0.1) is 0 Å². The number of rotatable bonds is 13. The van der Waals surface area contributed by atoms with E-state index in [1.165, 1.54) is 16.3 Å². The van der Waals surface area contributed by atoms with Crippen LogP contribution in [0, 0.1) is 0 Å². The van der Waals surface area contributed by atoms with Gasteiger partial charge < -0.3 is 19.7 Å². The van der Waals surface area contributed by atoms with Gasteiger partial charge in [0.05, 0.1) is 25.7 Å². The van der Waals surface area contributed by atoms with Crippen molar-refractivity contribution in [2.24, 2.45) is 0 Å². The van der Waals surface area contributed by atoms with Crippen LogP contribution in [0.1, 0.15) is 32.3 Å². The smallest absolute Gasteiger partial charge is 0.242 e. The van der Waals surface area contributed by atoms with Crippen LogP contribution in [-0.2, 0) is 26.2 Å². The van der Waals surface area contributed by atoms with E-state index >= 15 is 0 Å². The minimum atomic E-state index is -3.61. The number of amides is 2. The molecule has 2 rings (SSSR count). The zero-order valence-electron chi connectivity index (χ0n) is 21.0. The molecule has 0 fully saturated rings. The average molecular weight is 506 g/mol. The fourth-order valence-corrected chi connectivity index (χ4v) is 4.61. The summed E-state index contributed by atoms with van der Waals surface area (Å²) in [6.07, 6.45) is 1.47. The normalized spacial score (nSPS) is 11.9. The van der Waals surface area contributed by atoms with Crippen LogP contribution in [0.4, 0.5) is 5.69 Å². The summed E-state index contributed by atoms with van der Waals surface area (Å²) < 4.78 is 37.1. The molecular formula is C25H35N3O6S. The first-order chi connectivity index (χ1) is 16.6. The van der Waals surface area contributed by atoms with Gasteiger partial charge in [0.1, 0.15) is 17.5 Å². The number of ether oxygens (including phenoxy) is 2. The number of hydrogen-bond donors (Lipinski definition) is 1. The minimum Gasteiger partial charge on any atom is -0.497 e. The molecule has 0 saturated carbocycles. The van der Waals surface area contributed by atoms with Crippen molar-refractivity contribution in [2.75, 3.05) is 37.9 Å². The van der Waals surface area contributed by atoms with E-state index in [9.17, 15) is 18.0 Å². The highest BCUT2D eigenvalue weighted by atomic mass is 32.2. The molecule has 1 N–H and O–H groups in total. The van der Waals surface area contributed by atoms with Crippen molar-refractivity contribution in [3.8, 4) is 11.5 Å². The zero-order valence-corrected chi connectivity index (χ0v) is 21.8. The Bertz CT molecular complexity index is 1090. The van der Waals surface area contributed by atoms with Gasteiger partial charge in [-0.05, 0) is 50.1 Å². The predicted octanol–water partition coefficient (Wildman–Crippen LogP) is 2.80. The standard InChI is InChI=1S/C25H35N3O6S/c1-6-34-23-11-8-7-10-22(23)28(35(5,31)32)17-9-12-24(29)27(19(2)25(30)26-3)18-20-13-15-21(33-4)16-14-20/h7-8,10-11,13-16,19H,6,9,12,17-18H2,1-5H3,(H,26,30)/t19-/m0/s1. The highest BCUT2D eigenvalue weighted by Gasteiger charge is 2.26. The van der Waals surface area contributed by atoms with Crippen LogP contribution in [0.2, 0.25) is 0 Å². The number of methoxy groups -OCH3 is 1. The van der Waals surface area contributed by atoms with Crippen molar-refractivity contribution in [1.82, 2.24) is 10.2 Å². The second-order valence-electron chi connectivity index (χ2n) is 8.00. The molecule has 0 aliphatic heterocycles. The highest BCUT2D eigenvalue weighted by Crippen LogP contribution is 2.30. The summed E-state index contributed by atoms with van der Waals surface area (Å²) in [5, 5.41) is 2.58. The van der Waals surface area contributed by atoms with Crippen molar-refractivity contribution in [3.05, 3.63) is 54.1 Å². The van der Waals surface area contributed by atoms with E-state index in [0.29, 0.717) is 23.8 Å². The van der Waals surface area contributed by atoms with Gasteiger partial charge in [-0.25, -0.2) is 8.42 Å². The number of sulfonamides is 1. The molecule has 35 heavy (non-hydrogen) atoms. The Morgan fingerprint density at radius 1 is 1.09 bits per heavy atom. The van der Waals surface area contributed by atoms with Crippen LogP contribution in [0.15, 0.2) is 48.5 Å². The van der Waals surface area contributed by atoms with Gasteiger partial charge in [-0.1, -0.05) is 24.3 Å². The summed E-state index contributed by atoms with van der Waals surface area (Å²) in [7, 11) is -0.516. The molecule has 0 heterocycles. The van der Waals surface area contributed by atoms with Crippen molar-refractivity contribution >= 4 is 27.5 Å². The first-order valence-electron chi connectivity index (χ1n) is 11.5. The lowest BCUT2D eigenvalue weighted by Crippen LogP contribution is -2.46. The molecule has 10 heteroatoms. The van der Waals surface area contributed by atoms with Gasteiger partial charge in [0, 0.05) is 26.6 Å². The van der Waals surface area contributed by atoms with E-state index in [0.717, 1.165) is 11.8 Å². The van der Waals surface area contributed by atoms with E-state index in [4.69, 9.17) is 9.47 Å². The van der Waals surface area contributed by atoms with Crippen LogP contribution in [0.5, 0.6) is 11.5 Å². The van der Waals surface area contributed by atoms with Crippen LogP contribution in [-0.4, -0.2) is 64.7 Å². The second kappa shape index (κ2) is 13.0. The number of nitrogens with zero attached hydrogens (tertiary/aromatic N) is 2. The lowest BCUT2D eigenvalue weighted by atomic mass is 10.1. The third-order valence-electron chi connectivity index (χ3n) is 5.51. The molecule has 0 radical (unpaired) electrons. The topological polar surface area (TPSA) is 105 Å². The van der Waals surface area contributed by atoms with Gasteiger partial charge in [0.2, 0.25) is 21.8 Å². The number of carbonyl (C=O) groups excluding carboxylic acids is 2. The summed E-state index contributed by atoms with van der Waals surface area (Å²) in [4.78, 5) is 27.0. The Labute approximate surface area is 208 Å². The lowest BCUT2D eigenvalue weighted by molar-refractivity contribution is -0.140. The van der Waals surface area contributed by atoms with Crippen molar-refractivity contribution < 1.29 is 27.5 Å². The number of nitrogens with one attached hydrogen (secondary N) is 1. The molecule has 192 valence electrons. The maximum Gasteiger partial charge on any atom is 0.242 e. The molecule has 0 aromatic heterocycles. The molecule has 0 unspecified atom stereocenters. The van der Waals surface area contributed by atoms with E-state index in [1.54, 1.807) is 50.4 Å². The fourth-order valence-electron chi connectivity index (χ4n) is 3.64. The maximum atomic E-state index is 13.2. The van der Waals surface area contributed by atoms with Crippen molar-refractivity contribution in [2.45, 2.75) is 39.3 Å². The zero-order chi connectivity index (χ0) is 26.0.